The average molecular weight is 649 g/mol. The molecule has 11 aromatic rings. The molecule has 5 nitrogen and oxygen atoms in total. The lowest BCUT2D eigenvalue weighted by molar-refractivity contribution is 0.673. The second-order valence-corrected chi connectivity index (χ2v) is 13.0. The van der Waals surface area contributed by atoms with E-state index in [2.05, 4.69) is 130 Å². The van der Waals surface area contributed by atoms with Crippen molar-refractivity contribution in [2.75, 3.05) is 0 Å². The van der Waals surface area contributed by atoms with Crippen molar-refractivity contribution in [3.8, 4) is 23.5 Å². The van der Waals surface area contributed by atoms with Crippen LogP contribution in [0.5, 0.6) is 0 Å². The summed E-state index contributed by atoms with van der Waals surface area (Å²) in [5.41, 5.74) is 8.86. The Kier molecular flexibility index (Phi) is 5.46. The monoisotopic (exact) mass is 648 g/mol. The molecule has 11 rings (SSSR count). The largest absolute Gasteiger partial charge is 0.455 e. The zero-order valence-corrected chi connectivity index (χ0v) is 27.1. The van der Waals surface area contributed by atoms with Crippen molar-refractivity contribution in [3.63, 3.8) is 0 Å². The summed E-state index contributed by atoms with van der Waals surface area (Å²) < 4.78 is 11.7. The SMILES string of the molecule is N#Cc1c(C#N)c2ccc(-n3c4ccccc4c4c5c(c6ccccc6n5-c5ccccc5)c5oc6ccccc6c5c43)cc2c2ccccc12. The first kappa shape index (κ1) is 27.6. The normalized spacial score (nSPS) is 11.9. The molecule has 0 spiro atoms. The van der Waals surface area contributed by atoms with Gasteiger partial charge in [0.15, 0.2) is 0 Å². The highest BCUT2D eigenvalue weighted by atomic mass is 16.3. The summed E-state index contributed by atoms with van der Waals surface area (Å²) in [6, 6.07) is 54.9. The zero-order chi connectivity index (χ0) is 33.8. The smallest absolute Gasteiger partial charge is 0.147 e. The predicted molar refractivity (Wildman–Crippen MR) is 207 cm³/mol. The van der Waals surface area contributed by atoms with Gasteiger partial charge in [-0.1, -0.05) is 103 Å². The minimum absolute atomic E-state index is 0.400. The highest BCUT2D eigenvalue weighted by molar-refractivity contribution is 6.39. The molecule has 0 radical (unpaired) electrons. The van der Waals surface area contributed by atoms with E-state index in [-0.39, 0.29) is 0 Å². The maximum atomic E-state index is 10.3. The Labute approximate surface area is 290 Å². The lowest BCUT2D eigenvalue weighted by atomic mass is 9.92. The van der Waals surface area contributed by atoms with Gasteiger partial charge in [0, 0.05) is 43.7 Å². The maximum Gasteiger partial charge on any atom is 0.147 e. The summed E-state index contributed by atoms with van der Waals surface area (Å²) in [5, 5.41) is 30.5. The number of rotatable bonds is 2. The first-order valence-corrected chi connectivity index (χ1v) is 16.9. The predicted octanol–water partition coefficient (Wildman–Crippen LogP) is 11.8. The number of hydrogen-bond acceptors (Lipinski definition) is 3. The molecule has 0 bridgehead atoms. The van der Waals surface area contributed by atoms with Gasteiger partial charge < -0.3 is 13.6 Å². The van der Waals surface area contributed by atoms with E-state index in [4.69, 9.17) is 4.42 Å². The number of benzene rings is 8. The molecule has 3 aromatic heterocycles. The Morgan fingerprint density at radius 2 is 0.922 bits per heavy atom. The van der Waals surface area contributed by atoms with Gasteiger partial charge in [0.1, 0.15) is 23.3 Å². The molecule has 0 saturated heterocycles. The third-order valence-corrected chi connectivity index (χ3v) is 10.6. The van der Waals surface area contributed by atoms with Crippen LogP contribution in [-0.2, 0) is 0 Å². The molecule has 5 heteroatoms. The van der Waals surface area contributed by atoms with E-state index < -0.39 is 0 Å². The number of hydrogen-bond donors (Lipinski definition) is 0. The van der Waals surface area contributed by atoms with Gasteiger partial charge in [-0.05, 0) is 53.2 Å². The van der Waals surface area contributed by atoms with E-state index in [9.17, 15) is 10.5 Å². The number of para-hydroxylation sites is 4. The van der Waals surface area contributed by atoms with Gasteiger partial charge in [-0.2, -0.15) is 10.5 Å². The summed E-state index contributed by atoms with van der Waals surface area (Å²) in [6.45, 7) is 0. The van der Waals surface area contributed by atoms with E-state index in [0.717, 1.165) is 98.5 Å². The molecule has 51 heavy (non-hydrogen) atoms. The van der Waals surface area contributed by atoms with Crippen molar-refractivity contribution >= 4 is 87.1 Å². The number of nitrogens with zero attached hydrogens (tertiary/aromatic N) is 4. The van der Waals surface area contributed by atoms with E-state index >= 15 is 0 Å². The van der Waals surface area contributed by atoms with E-state index in [1.807, 2.05) is 36.4 Å². The molecule has 0 unspecified atom stereocenters. The summed E-state index contributed by atoms with van der Waals surface area (Å²) in [6.07, 6.45) is 0. The van der Waals surface area contributed by atoms with Crippen molar-refractivity contribution in [3.05, 3.63) is 157 Å². The van der Waals surface area contributed by atoms with Crippen LogP contribution in [0.25, 0.3) is 98.5 Å². The lowest BCUT2D eigenvalue weighted by Gasteiger charge is -2.14. The van der Waals surface area contributed by atoms with Crippen LogP contribution in [0.3, 0.4) is 0 Å². The molecule has 0 aliphatic rings. The van der Waals surface area contributed by atoms with Crippen LogP contribution in [0.4, 0.5) is 0 Å². The quantitative estimate of drug-likeness (QED) is 0.175. The summed E-state index contributed by atoms with van der Waals surface area (Å²) in [7, 11) is 0. The molecule has 0 saturated carbocycles. The van der Waals surface area contributed by atoms with Crippen molar-refractivity contribution in [1.82, 2.24) is 9.13 Å². The van der Waals surface area contributed by atoms with Gasteiger partial charge in [-0.3, -0.25) is 0 Å². The van der Waals surface area contributed by atoms with Crippen LogP contribution in [0, 0.1) is 22.7 Å². The van der Waals surface area contributed by atoms with Gasteiger partial charge in [0.2, 0.25) is 0 Å². The van der Waals surface area contributed by atoms with Gasteiger partial charge in [0.25, 0.3) is 0 Å². The molecule has 0 N–H and O–H groups in total. The van der Waals surface area contributed by atoms with Crippen LogP contribution in [0.15, 0.2) is 150 Å². The van der Waals surface area contributed by atoms with Crippen LogP contribution in [-0.4, -0.2) is 9.13 Å². The molecule has 0 aliphatic carbocycles. The standard InChI is InChI=1S/C46H24N4O/c47-25-36-30-15-5-4-14-29(30)35-24-28(22-23-31(35)37(36)26-48)50-38-19-9-6-16-32(38)41-44-42(46-43(45(41)50)34-18-8-11-21-40(34)51-46)33-17-7-10-20-39(33)49(44)27-12-2-1-3-13-27/h1-24H. The number of furan rings is 1. The fourth-order valence-corrected chi connectivity index (χ4v) is 8.54. The van der Waals surface area contributed by atoms with Crippen LogP contribution < -0.4 is 0 Å². The average Bonchev–Trinajstić information content (AvgIpc) is 3.85. The first-order valence-electron chi connectivity index (χ1n) is 16.9. The lowest BCUT2D eigenvalue weighted by Crippen LogP contribution is -1.97. The van der Waals surface area contributed by atoms with Crippen molar-refractivity contribution in [2.24, 2.45) is 0 Å². The Bertz CT molecular complexity index is 3380. The molecule has 0 fully saturated rings. The Balaban J connectivity index is 1.42. The maximum absolute atomic E-state index is 10.3. The minimum Gasteiger partial charge on any atom is -0.455 e. The summed E-state index contributed by atoms with van der Waals surface area (Å²) in [5.74, 6) is 0. The molecule has 8 aromatic carbocycles. The molecular weight excluding hydrogens is 625 g/mol. The number of fused-ring (bicyclic) bond motifs is 15. The van der Waals surface area contributed by atoms with Crippen LogP contribution in [0.2, 0.25) is 0 Å². The van der Waals surface area contributed by atoms with Crippen molar-refractivity contribution < 1.29 is 4.42 Å². The highest BCUT2D eigenvalue weighted by Crippen LogP contribution is 2.49. The number of aromatic nitrogens is 2. The van der Waals surface area contributed by atoms with Gasteiger partial charge >= 0.3 is 0 Å². The van der Waals surface area contributed by atoms with E-state index in [1.165, 1.54) is 0 Å². The second-order valence-electron chi connectivity index (χ2n) is 13.0. The first-order chi connectivity index (χ1) is 25.3. The van der Waals surface area contributed by atoms with Crippen LogP contribution in [0.1, 0.15) is 11.1 Å². The Hall–Kier alpha value is -7.34. The molecule has 3 heterocycles. The topological polar surface area (TPSA) is 70.6 Å². The molecule has 234 valence electrons. The van der Waals surface area contributed by atoms with Crippen molar-refractivity contribution in [1.29, 1.82) is 10.5 Å². The third kappa shape index (κ3) is 3.51. The Morgan fingerprint density at radius 3 is 1.61 bits per heavy atom. The molecular formula is C46H24N4O. The molecule has 0 amide bonds. The second kappa shape index (κ2) is 10.1. The third-order valence-electron chi connectivity index (χ3n) is 10.6. The Morgan fingerprint density at radius 1 is 0.412 bits per heavy atom. The van der Waals surface area contributed by atoms with E-state index in [0.29, 0.717) is 11.1 Å². The number of nitriles is 2. The van der Waals surface area contributed by atoms with Gasteiger partial charge in [-0.15, -0.1) is 0 Å². The fraction of sp³-hybridized carbons (Fsp3) is 0. The van der Waals surface area contributed by atoms with Crippen molar-refractivity contribution in [2.45, 2.75) is 0 Å². The summed E-state index contributed by atoms with van der Waals surface area (Å²) in [4.78, 5) is 0. The highest BCUT2D eigenvalue weighted by Gasteiger charge is 2.28. The van der Waals surface area contributed by atoms with Gasteiger partial charge in [0.05, 0.1) is 44.0 Å². The van der Waals surface area contributed by atoms with Gasteiger partial charge in [-0.25, -0.2) is 0 Å². The van der Waals surface area contributed by atoms with E-state index in [1.54, 1.807) is 0 Å². The minimum atomic E-state index is 0.400. The summed E-state index contributed by atoms with van der Waals surface area (Å²) >= 11 is 0. The molecule has 0 aliphatic heterocycles. The van der Waals surface area contributed by atoms with Crippen LogP contribution >= 0.6 is 0 Å². The zero-order valence-electron chi connectivity index (χ0n) is 27.1. The molecule has 0 atom stereocenters. The fourth-order valence-electron chi connectivity index (χ4n) is 8.54.